The van der Waals surface area contributed by atoms with E-state index >= 15 is 0 Å². The fraction of sp³-hybridized carbons (Fsp3) is 0.688. The minimum atomic E-state index is 0.599. The van der Waals surface area contributed by atoms with Crippen molar-refractivity contribution >= 4 is 0 Å². The first-order valence-electron chi connectivity index (χ1n) is 7.39. The minimum Gasteiger partial charge on any atom is -0.314 e. The summed E-state index contributed by atoms with van der Waals surface area (Å²) in [4.78, 5) is 4.48. The van der Waals surface area contributed by atoms with Gasteiger partial charge in [-0.3, -0.25) is 4.98 Å². The average molecular weight is 246 g/mol. The molecular weight excluding hydrogens is 220 g/mol. The molecule has 1 heterocycles. The van der Waals surface area contributed by atoms with E-state index in [4.69, 9.17) is 0 Å². The summed E-state index contributed by atoms with van der Waals surface area (Å²) in [6.45, 7) is 5.64. The molecule has 1 aliphatic carbocycles. The molecule has 2 nitrogen and oxygen atoms in total. The number of hydrogen-bond acceptors (Lipinski definition) is 2. The molecule has 1 fully saturated rings. The van der Waals surface area contributed by atoms with Crippen molar-refractivity contribution in [1.82, 2.24) is 10.3 Å². The van der Waals surface area contributed by atoms with E-state index in [1.807, 2.05) is 12.3 Å². The Labute approximate surface area is 111 Å². The predicted octanol–water partition coefficient (Wildman–Crippen LogP) is 3.43. The van der Waals surface area contributed by atoms with Gasteiger partial charge in [0.15, 0.2) is 0 Å². The molecule has 100 valence electrons. The van der Waals surface area contributed by atoms with Crippen LogP contribution in [0.5, 0.6) is 0 Å². The van der Waals surface area contributed by atoms with Crippen LogP contribution < -0.4 is 5.32 Å². The van der Waals surface area contributed by atoms with Crippen LogP contribution in [0.1, 0.15) is 45.2 Å². The van der Waals surface area contributed by atoms with Gasteiger partial charge in [-0.25, -0.2) is 0 Å². The highest BCUT2D eigenvalue weighted by Crippen LogP contribution is 2.31. The zero-order chi connectivity index (χ0) is 12.8. The fourth-order valence-corrected chi connectivity index (χ4v) is 3.00. The lowest BCUT2D eigenvalue weighted by atomic mass is 9.76. The van der Waals surface area contributed by atoms with Gasteiger partial charge in [-0.05, 0) is 49.8 Å². The van der Waals surface area contributed by atoms with Gasteiger partial charge in [-0.2, -0.15) is 0 Å². The van der Waals surface area contributed by atoms with Crippen molar-refractivity contribution in [3.8, 4) is 0 Å². The quantitative estimate of drug-likeness (QED) is 0.861. The highest BCUT2D eigenvalue weighted by atomic mass is 14.9. The molecule has 2 rings (SSSR count). The Morgan fingerprint density at radius 1 is 1.22 bits per heavy atom. The van der Waals surface area contributed by atoms with Crippen LogP contribution in [0.3, 0.4) is 0 Å². The third-order valence-electron chi connectivity index (χ3n) is 4.05. The van der Waals surface area contributed by atoms with Crippen molar-refractivity contribution in [2.45, 2.75) is 52.0 Å². The molecule has 0 amide bonds. The Kier molecular flexibility index (Phi) is 5.18. The molecule has 0 spiro atoms. The van der Waals surface area contributed by atoms with Gasteiger partial charge in [-0.15, -0.1) is 0 Å². The number of aromatic nitrogens is 1. The molecule has 1 N–H and O–H groups in total. The normalized spacial score (nSPS) is 24.4. The molecule has 1 saturated carbocycles. The number of hydrogen-bond donors (Lipinski definition) is 1. The van der Waals surface area contributed by atoms with E-state index in [1.165, 1.54) is 37.9 Å². The van der Waals surface area contributed by atoms with Crippen molar-refractivity contribution in [2.24, 2.45) is 11.8 Å². The van der Waals surface area contributed by atoms with Crippen molar-refractivity contribution in [3.63, 3.8) is 0 Å². The van der Waals surface area contributed by atoms with Crippen LogP contribution in [0.25, 0.3) is 0 Å². The van der Waals surface area contributed by atoms with Gasteiger partial charge in [0, 0.05) is 17.9 Å². The lowest BCUT2D eigenvalue weighted by Crippen LogP contribution is -2.35. The van der Waals surface area contributed by atoms with Gasteiger partial charge in [0.05, 0.1) is 0 Å². The Balaban J connectivity index is 1.91. The van der Waals surface area contributed by atoms with Crippen LogP contribution in [-0.4, -0.2) is 17.6 Å². The Bertz CT molecular complexity index is 334. The summed E-state index contributed by atoms with van der Waals surface area (Å²) in [7, 11) is 0. The third-order valence-corrected chi connectivity index (χ3v) is 4.05. The Hall–Kier alpha value is -0.890. The Morgan fingerprint density at radius 3 is 2.67 bits per heavy atom. The van der Waals surface area contributed by atoms with Crippen LogP contribution >= 0.6 is 0 Å². The van der Waals surface area contributed by atoms with E-state index in [0.717, 1.165) is 18.3 Å². The monoisotopic (exact) mass is 246 g/mol. The number of pyridine rings is 1. The summed E-state index contributed by atoms with van der Waals surface area (Å²) < 4.78 is 0. The molecule has 18 heavy (non-hydrogen) atoms. The number of nitrogens with zero attached hydrogens (tertiary/aromatic N) is 1. The van der Waals surface area contributed by atoms with Gasteiger partial charge in [0.2, 0.25) is 0 Å². The second kappa shape index (κ2) is 6.89. The summed E-state index contributed by atoms with van der Waals surface area (Å²) in [5, 5.41) is 3.61. The summed E-state index contributed by atoms with van der Waals surface area (Å²) in [6, 6.07) is 6.87. The van der Waals surface area contributed by atoms with E-state index in [1.54, 1.807) is 0 Å². The molecule has 0 aromatic carbocycles. The summed E-state index contributed by atoms with van der Waals surface area (Å²) in [5.74, 6) is 1.66. The van der Waals surface area contributed by atoms with Crippen LogP contribution in [0, 0.1) is 11.8 Å². The van der Waals surface area contributed by atoms with Crippen molar-refractivity contribution < 1.29 is 0 Å². The molecule has 0 saturated heterocycles. The van der Waals surface area contributed by atoms with Gasteiger partial charge < -0.3 is 5.32 Å². The summed E-state index contributed by atoms with van der Waals surface area (Å²) in [6.07, 6.45) is 8.64. The van der Waals surface area contributed by atoms with Crippen molar-refractivity contribution in [1.29, 1.82) is 0 Å². The topological polar surface area (TPSA) is 24.9 Å². The van der Waals surface area contributed by atoms with Gasteiger partial charge in [0.25, 0.3) is 0 Å². The first-order valence-corrected chi connectivity index (χ1v) is 7.39. The molecule has 1 aromatic heterocycles. The molecule has 0 aliphatic heterocycles. The lowest BCUT2D eigenvalue weighted by Gasteiger charge is -2.32. The largest absolute Gasteiger partial charge is 0.314 e. The SMILES string of the molecule is CC(C)NCC1CCCCC1Cc1ccccn1. The third kappa shape index (κ3) is 4.09. The zero-order valence-corrected chi connectivity index (χ0v) is 11.7. The van der Waals surface area contributed by atoms with E-state index in [2.05, 4.69) is 36.3 Å². The van der Waals surface area contributed by atoms with Crippen LogP contribution in [0.15, 0.2) is 24.4 Å². The minimum absolute atomic E-state index is 0.599. The van der Waals surface area contributed by atoms with E-state index in [-0.39, 0.29) is 0 Å². The number of nitrogens with one attached hydrogen (secondary N) is 1. The van der Waals surface area contributed by atoms with E-state index < -0.39 is 0 Å². The number of rotatable bonds is 5. The highest BCUT2D eigenvalue weighted by molar-refractivity contribution is 5.05. The van der Waals surface area contributed by atoms with Crippen LogP contribution in [0.2, 0.25) is 0 Å². The van der Waals surface area contributed by atoms with Crippen LogP contribution in [-0.2, 0) is 6.42 Å². The van der Waals surface area contributed by atoms with E-state index in [0.29, 0.717) is 6.04 Å². The average Bonchev–Trinajstić information content (AvgIpc) is 2.39. The Morgan fingerprint density at radius 2 is 2.00 bits per heavy atom. The molecule has 1 aromatic rings. The van der Waals surface area contributed by atoms with E-state index in [9.17, 15) is 0 Å². The maximum absolute atomic E-state index is 4.48. The molecule has 2 heteroatoms. The molecular formula is C16H26N2. The second-order valence-electron chi connectivity index (χ2n) is 5.89. The van der Waals surface area contributed by atoms with Gasteiger partial charge >= 0.3 is 0 Å². The second-order valence-corrected chi connectivity index (χ2v) is 5.89. The first-order chi connectivity index (χ1) is 8.75. The molecule has 0 radical (unpaired) electrons. The molecule has 2 atom stereocenters. The van der Waals surface area contributed by atoms with Gasteiger partial charge in [0.1, 0.15) is 0 Å². The van der Waals surface area contributed by atoms with Crippen LogP contribution in [0.4, 0.5) is 0 Å². The first kappa shape index (κ1) is 13.5. The zero-order valence-electron chi connectivity index (χ0n) is 11.7. The maximum Gasteiger partial charge on any atom is 0.0406 e. The molecule has 2 unspecified atom stereocenters. The smallest absolute Gasteiger partial charge is 0.0406 e. The lowest BCUT2D eigenvalue weighted by molar-refractivity contribution is 0.223. The summed E-state index contributed by atoms with van der Waals surface area (Å²) >= 11 is 0. The highest BCUT2D eigenvalue weighted by Gasteiger charge is 2.25. The molecule has 1 aliphatic rings. The van der Waals surface area contributed by atoms with Gasteiger partial charge in [-0.1, -0.05) is 32.8 Å². The summed E-state index contributed by atoms with van der Waals surface area (Å²) in [5.41, 5.74) is 1.26. The van der Waals surface area contributed by atoms with Crippen molar-refractivity contribution in [2.75, 3.05) is 6.54 Å². The molecule has 0 bridgehead atoms. The standard InChI is InChI=1S/C16H26N2/c1-13(2)18-12-15-8-4-3-7-14(15)11-16-9-5-6-10-17-16/h5-6,9-10,13-15,18H,3-4,7-8,11-12H2,1-2H3. The fourth-order valence-electron chi connectivity index (χ4n) is 3.00. The maximum atomic E-state index is 4.48. The van der Waals surface area contributed by atoms with Crippen molar-refractivity contribution in [3.05, 3.63) is 30.1 Å². The predicted molar refractivity (Wildman–Crippen MR) is 76.5 cm³/mol.